The van der Waals surface area contributed by atoms with E-state index >= 15 is 0 Å². The molecule has 0 aliphatic carbocycles. The summed E-state index contributed by atoms with van der Waals surface area (Å²) in [7, 11) is 0. The first-order chi connectivity index (χ1) is 13.2. The second-order valence-corrected chi connectivity index (χ2v) is 7.65. The van der Waals surface area contributed by atoms with Crippen LogP contribution >= 0.6 is 11.6 Å². The Hall–Kier alpha value is -2.56. The predicted octanol–water partition coefficient (Wildman–Crippen LogP) is 5.00. The van der Waals surface area contributed by atoms with Gasteiger partial charge in [-0.2, -0.15) is 0 Å². The van der Waals surface area contributed by atoms with Crippen LogP contribution in [0.25, 0.3) is 10.9 Å². The number of nitrogens with zero attached hydrogens (tertiary/aromatic N) is 2. The summed E-state index contributed by atoms with van der Waals surface area (Å²) < 4.78 is 0. The highest BCUT2D eigenvalue weighted by Gasteiger charge is 2.32. The van der Waals surface area contributed by atoms with Gasteiger partial charge in [-0.15, -0.1) is 0 Å². The van der Waals surface area contributed by atoms with Crippen LogP contribution in [-0.2, 0) is 13.0 Å². The molecule has 0 fully saturated rings. The van der Waals surface area contributed by atoms with Gasteiger partial charge in [-0.05, 0) is 42.7 Å². The van der Waals surface area contributed by atoms with E-state index in [0.717, 1.165) is 35.9 Å². The van der Waals surface area contributed by atoms with Gasteiger partial charge >= 0.3 is 0 Å². The fourth-order valence-electron chi connectivity index (χ4n) is 4.25. The van der Waals surface area contributed by atoms with Crippen molar-refractivity contribution in [3.8, 4) is 0 Å². The maximum Gasteiger partial charge on any atom is 0.0925 e. The zero-order valence-electron chi connectivity index (χ0n) is 15.2. The van der Waals surface area contributed by atoms with Crippen LogP contribution in [0.4, 0.5) is 0 Å². The van der Waals surface area contributed by atoms with Crippen molar-refractivity contribution in [2.24, 2.45) is 0 Å². The number of imidazole rings is 1. The number of H-pyrrole nitrogens is 2. The first-order valence-electron chi connectivity index (χ1n) is 9.28. The van der Waals surface area contributed by atoms with E-state index < -0.39 is 0 Å². The van der Waals surface area contributed by atoms with E-state index in [1.807, 2.05) is 12.1 Å². The molecule has 3 heterocycles. The molecule has 2 N–H and O–H groups in total. The Bertz CT molecular complexity index is 1110. The molecule has 0 saturated carbocycles. The van der Waals surface area contributed by atoms with Crippen molar-refractivity contribution in [3.05, 3.63) is 88.1 Å². The molecule has 5 rings (SSSR count). The van der Waals surface area contributed by atoms with Gasteiger partial charge in [0.15, 0.2) is 0 Å². The highest BCUT2D eigenvalue weighted by atomic mass is 35.5. The highest BCUT2D eigenvalue weighted by molar-refractivity contribution is 6.30. The van der Waals surface area contributed by atoms with Crippen LogP contribution in [0, 0.1) is 6.92 Å². The molecule has 0 amide bonds. The number of halogens is 1. The third kappa shape index (κ3) is 2.85. The molecule has 0 saturated heterocycles. The Morgan fingerprint density at radius 2 is 2.07 bits per heavy atom. The number of rotatable bonds is 3. The maximum atomic E-state index is 6.34. The van der Waals surface area contributed by atoms with Crippen LogP contribution in [0.2, 0.25) is 5.02 Å². The van der Waals surface area contributed by atoms with Gasteiger partial charge in [0.2, 0.25) is 0 Å². The van der Waals surface area contributed by atoms with E-state index in [0.29, 0.717) is 0 Å². The van der Waals surface area contributed by atoms with Crippen molar-refractivity contribution in [2.45, 2.75) is 25.9 Å². The lowest BCUT2D eigenvalue weighted by molar-refractivity contribution is 0.199. The standard InChI is InChI=1S/C22H21ClN4/c1-14-20(25-13-24-14)12-27-10-9-18-17-7-2-3-8-19(17)26-21(18)22(27)15-5-4-6-16(23)11-15/h2-8,11,13,22,26H,9-10,12H2,1H3,(H,24,25). The van der Waals surface area contributed by atoms with Crippen molar-refractivity contribution in [1.29, 1.82) is 0 Å². The first kappa shape index (κ1) is 16.6. The summed E-state index contributed by atoms with van der Waals surface area (Å²) in [6, 6.07) is 16.9. The minimum Gasteiger partial charge on any atom is -0.357 e. The average molecular weight is 377 g/mol. The van der Waals surface area contributed by atoms with Crippen molar-refractivity contribution in [3.63, 3.8) is 0 Å². The van der Waals surface area contributed by atoms with Crippen LogP contribution in [0.5, 0.6) is 0 Å². The van der Waals surface area contributed by atoms with Gasteiger partial charge in [0.1, 0.15) is 0 Å². The number of nitrogens with one attached hydrogen (secondary N) is 2. The van der Waals surface area contributed by atoms with E-state index in [9.17, 15) is 0 Å². The zero-order chi connectivity index (χ0) is 18.4. The minimum atomic E-state index is 0.135. The number of benzene rings is 2. The third-order valence-corrected chi connectivity index (χ3v) is 5.82. The molecular weight excluding hydrogens is 356 g/mol. The Kier molecular flexibility index (Phi) is 4.03. The Morgan fingerprint density at radius 1 is 1.19 bits per heavy atom. The lowest BCUT2D eigenvalue weighted by Gasteiger charge is -2.36. The predicted molar refractivity (Wildman–Crippen MR) is 109 cm³/mol. The Labute approximate surface area is 163 Å². The molecule has 4 aromatic rings. The summed E-state index contributed by atoms with van der Waals surface area (Å²) in [5.74, 6) is 0. The summed E-state index contributed by atoms with van der Waals surface area (Å²) in [4.78, 5) is 13.9. The molecule has 1 unspecified atom stereocenters. The lowest BCUT2D eigenvalue weighted by Crippen LogP contribution is -2.36. The number of aromatic nitrogens is 3. The van der Waals surface area contributed by atoms with Gasteiger partial charge in [-0.3, -0.25) is 4.90 Å². The molecule has 4 nitrogen and oxygen atoms in total. The fraction of sp³-hybridized carbons (Fsp3) is 0.227. The highest BCUT2D eigenvalue weighted by Crippen LogP contribution is 2.39. The molecular formula is C22H21ClN4. The molecule has 27 heavy (non-hydrogen) atoms. The van der Waals surface area contributed by atoms with Gasteiger partial charge < -0.3 is 9.97 Å². The quantitative estimate of drug-likeness (QED) is 0.528. The fourth-order valence-corrected chi connectivity index (χ4v) is 4.45. The second kappa shape index (κ2) is 6.55. The van der Waals surface area contributed by atoms with E-state index in [-0.39, 0.29) is 6.04 Å². The number of aromatic amines is 2. The maximum absolute atomic E-state index is 6.34. The van der Waals surface area contributed by atoms with E-state index in [4.69, 9.17) is 11.6 Å². The molecule has 2 aromatic heterocycles. The topological polar surface area (TPSA) is 47.7 Å². The third-order valence-electron chi connectivity index (χ3n) is 5.59. The van der Waals surface area contributed by atoms with Gasteiger partial charge in [-0.1, -0.05) is 41.9 Å². The second-order valence-electron chi connectivity index (χ2n) is 7.22. The molecule has 2 aromatic carbocycles. The average Bonchev–Trinajstić information content (AvgIpc) is 3.25. The van der Waals surface area contributed by atoms with Crippen LogP contribution in [0.3, 0.4) is 0 Å². The van der Waals surface area contributed by atoms with Crippen LogP contribution in [-0.4, -0.2) is 26.4 Å². The first-order valence-corrected chi connectivity index (χ1v) is 9.66. The Balaban J connectivity index is 1.65. The molecule has 1 aliphatic heterocycles. The van der Waals surface area contributed by atoms with Gasteiger partial charge in [-0.25, -0.2) is 4.98 Å². The number of hydrogen-bond donors (Lipinski definition) is 2. The van der Waals surface area contributed by atoms with Crippen LogP contribution in [0.1, 0.15) is 34.3 Å². The Morgan fingerprint density at radius 3 is 2.89 bits per heavy atom. The van der Waals surface area contributed by atoms with Crippen molar-refractivity contribution < 1.29 is 0 Å². The minimum absolute atomic E-state index is 0.135. The summed E-state index contributed by atoms with van der Waals surface area (Å²) in [6.45, 7) is 3.87. The molecule has 1 atom stereocenters. The van der Waals surface area contributed by atoms with Crippen molar-refractivity contribution in [1.82, 2.24) is 19.9 Å². The summed E-state index contributed by atoms with van der Waals surface area (Å²) in [5.41, 5.74) is 7.34. The lowest BCUT2D eigenvalue weighted by atomic mass is 9.92. The van der Waals surface area contributed by atoms with Crippen LogP contribution < -0.4 is 0 Å². The zero-order valence-corrected chi connectivity index (χ0v) is 15.9. The van der Waals surface area contributed by atoms with Gasteiger partial charge in [0.25, 0.3) is 0 Å². The molecule has 0 radical (unpaired) electrons. The monoisotopic (exact) mass is 376 g/mol. The number of aryl methyl sites for hydroxylation is 1. The largest absolute Gasteiger partial charge is 0.357 e. The number of fused-ring (bicyclic) bond motifs is 3. The van der Waals surface area contributed by atoms with E-state index in [1.54, 1.807) is 6.33 Å². The number of para-hydroxylation sites is 1. The molecule has 0 spiro atoms. The van der Waals surface area contributed by atoms with Crippen molar-refractivity contribution >= 4 is 22.5 Å². The molecule has 1 aliphatic rings. The van der Waals surface area contributed by atoms with Crippen molar-refractivity contribution in [2.75, 3.05) is 6.54 Å². The SMILES string of the molecule is Cc1[nH]cnc1CN1CCc2c([nH]c3ccccc23)C1c1cccc(Cl)c1. The summed E-state index contributed by atoms with van der Waals surface area (Å²) in [5, 5.41) is 2.10. The van der Waals surface area contributed by atoms with E-state index in [2.05, 4.69) is 63.2 Å². The van der Waals surface area contributed by atoms with Gasteiger partial charge in [0.05, 0.1) is 18.1 Å². The molecule has 5 heteroatoms. The smallest absolute Gasteiger partial charge is 0.0925 e. The molecule has 0 bridgehead atoms. The van der Waals surface area contributed by atoms with E-state index in [1.165, 1.54) is 27.7 Å². The normalized spacial score (nSPS) is 17.3. The molecule has 136 valence electrons. The van der Waals surface area contributed by atoms with Crippen LogP contribution in [0.15, 0.2) is 54.9 Å². The summed E-state index contributed by atoms with van der Waals surface area (Å²) in [6.07, 6.45) is 2.80. The van der Waals surface area contributed by atoms with Gasteiger partial charge in [0, 0.05) is 40.4 Å². The number of hydrogen-bond acceptors (Lipinski definition) is 2. The summed E-state index contributed by atoms with van der Waals surface area (Å²) >= 11 is 6.34.